The molecule has 0 aromatic carbocycles. The summed E-state index contributed by atoms with van der Waals surface area (Å²) in [7, 11) is 0. The van der Waals surface area contributed by atoms with Gasteiger partial charge in [0, 0.05) is 6.42 Å². The molecule has 4 heteroatoms. The van der Waals surface area contributed by atoms with Crippen LogP contribution >= 0.6 is 0 Å². The van der Waals surface area contributed by atoms with E-state index in [1.165, 1.54) is 6.42 Å². The summed E-state index contributed by atoms with van der Waals surface area (Å²) >= 11 is 0. The molecule has 25 heavy (non-hydrogen) atoms. The summed E-state index contributed by atoms with van der Waals surface area (Å²) in [4.78, 5) is 13.4. The number of ether oxygens (including phenoxy) is 1. The average Bonchev–Trinajstić information content (AvgIpc) is 2.30. The van der Waals surface area contributed by atoms with Crippen LogP contribution in [0.2, 0.25) is 0 Å². The second-order valence-corrected chi connectivity index (χ2v) is 11.3. The second-order valence-electron chi connectivity index (χ2n) is 11.3. The molecule has 0 heterocycles. The number of aliphatic hydroxyl groups is 2. The Morgan fingerprint density at radius 1 is 1.04 bits per heavy atom. The molecule has 4 saturated carbocycles. The Labute approximate surface area is 152 Å². The molecule has 0 saturated heterocycles. The number of carbonyl (C=O) groups is 1. The fourth-order valence-electron chi connectivity index (χ4n) is 6.07. The van der Waals surface area contributed by atoms with Crippen molar-refractivity contribution >= 4 is 5.97 Å². The van der Waals surface area contributed by atoms with Crippen molar-refractivity contribution < 1.29 is 19.7 Å². The Kier molecular flexibility index (Phi) is 4.18. The van der Waals surface area contributed by atoms with Crippen LogP contribution in [-0.2, 0) is 9.53 Å². The van der Waals surface area contributed by atoms with Crippen LogP contribution in [0.1, 0.15) is 86.5 Å². The standard InChI is InChI=1S/C21H36O4/c1-17(2,3)19(6,12-18(4,5)23)16(22)25-21-10-14-7-15(11-21)9-20(24,8-14)13-21/h14-15,23-24H,7-13H2,1-6H3. The molecule has 0 aromatic heterocycles. The largest absolute Gasteiger partial charge is 0.459 e. The molecule has 2 N–H and O–H groups in total. The van der Waals surface area contributed by atoms with Gasteiger partial charge in [0.25, 0.3) is 0 Å². The number of hydrogen-bond acceptors (Lipinski definition) is 4. The van der Waals surface area contributed by atoms with Crippen LogP contribution in [0.3, 0.4) is 0 Å². The highest BCUT2D eigenvalue weighted by molar-refractivity contribution is 5.78. The summed E-state index contributed by atoms with van der Waals surface area (Å²) in [5, 5.41) is 21.3. The predicted octanol–water partition coefficient (Wildman–Crippen LogP) is 3.83. The van der Waals surface area contributed by atoms with Gasteiger partial charge in [0.05, 0.1) is 16.6 Å². The van der Waals surface area contributed by atoms with Crippen LogP contribution < -0.4 is 0 Å². The lowest BCUT2D eigenvalue weighted by molar-refractivity contribution is -0.231. The number of esters is 1. The molecule has 144 valence electrons. The first-order valence-corrected chi connectivity index (χ1v) is 9.84. The van der Waals surface area contributed by atoms with Gasteiger partial charge in [-0.2, -0.15) is 0 Å². The molecule has 0 amide bonds. The molecule has 0 aliphatic heterocycles. The van der Waals surface area contributed by atoms with Gasteiger partial charge in [-0.3, -0.25) is 4.79 Å². The van der Waals surface area contributed by atoms with Crippen LogP contribution in [0.5, 0.6) is 0 Å². The first-order chi connectivity index (χ1) is 11.2. The van der Waals surface area contributed by atoms with E-state index in [1.54, 1.807) is 13.8 Å². The van der Waals surface area contributed by atoms with Crippen molar-refractivity contribution in [2.45, 2.75) is 103 Å². The molecule has 4 aliphatic carbocycles. The van der Waals surface area contributed by atoms with E-state index in [0.717, 1.165) is 25.7 Å². The quantitative estimate of drug-likeness (QED) is 0.755. The van der Waals surface area contributed by atoms with Crippen LogP contribution in [0.15, 0.2) is 0 Å². The first-order valence-electron chi connectivity index (χ1n) is 9.84. The van der Waals surface area contributed by atoms with Crippen LogP contribution in [0, 0.1) is 22.7 Å². The second kappa shape index (κ2) is 5.45. The van der Waals surface area contributed by atoms with Crippen molar-refractivity contribution in [3.8, 4) is 0 Å². The lowest BCUT2D eigenvalue weighted by atomic mass is 9.52. The van der Waals surface area contributed by atoms with E-state index in [2.05, 4.69) is 0 Å². The molecular weight excluding hydrogens is 316 g/mol. The van der Waals surface area contributed by atoms with Crippen LogP contribution in [0.25, 0.3) is 0 Å². The van der Waals surface area contributed by atoms with Gasteiger partial charge in [-0.15, -0.1) is 0 Å². The third kappa shape index (κ3) is 3.49. The number of rotatable bonds is 4. The van der Waals surface area contributed by atoms with E-state index < -0.39 is 22.2 Å². The minimum Gasteiger partial charge on any atom is -0.459 e. The third-order valence-electron chi connectivity index (χ3n) is 7.18. The molecular formula is C21H36O4. The van der Waals surface area contributed by atoms with Crippen molar-refractivity contribution in [2.24, 2.45) is 22.7 Å². The highest BCUT2D eigenvalue weighted by Gasteiger charge is 2.60. The van der Waals surface area contributed by atoms with Gasteiger partial charge in [-0.1, -0.05) is 20.8 Å². The van der Waals surface area contributed by atoms with Crippen LogP contribution in [0.4, 0.5) is 0 Å². The molecule has 0 spiro atoms. The van der Waals surface area contributed by atoms with E-state index in [9.17, 15) is 15.0 Å². The minimum absolute atomic E-state index is 0.215. The van der Waals surface area contributed by atoms with Crippen molar-refractivity contribution in [3.05, 3.63) is 0 Å². The fraction of sp³-hybridized carbons (Fsp3) is 0.952. The molecule has 4 bridgehead atoms. The normalized spacial score (nSPS) is 40.0. The first kappa shape index (κ1) is 19.2. The Morgan fingerprint density at radius 2 is 1.56 bits per heavy atom. The van der Waals surface area contributed by atoms with Crippen molar-refractivity contribution in [3.63, 3.8) is 0 Å². The molecule has 4 nitrogen and oxygen atoms in total. The highest BCUT2D eigenvalue weighted by atomic mass is 16.6. The molecule has 4 fully saturated rings. The Hall–Kier alpha value is -0.610. The van der Waals surface area contributed by atoms with Gasteiger partial charge in [-0.25, -0.2) is 0 Å². The summed E-state index contributed by atoms with van der Waals surface area (Å²) in [5.41, 5.74) is -3.19. The van der Waals surface area contributed by atoms with Crippen molar-refractivity contribution in [2.75, 3.05) is 0 Å². The van der Waals surface area contributed by atoms with Gasteiger partial charge >= 0.3 is 5.97 Å². The topological polar surface area (TPSA) is 66.8 Å². The van der Waals surface area contributed by atoms with E-state index in [-0.39, 0.29) is 11.4 Å². The Morgan fingerprint density at radius 3 is 1.96 bits per heavy atom. The van der Waals surface area contributed by atoms with Gasteiger partial charge in [0.15, 0.2) is 0 Å². The third-order valence-corrected chi connectivity index (χ3v) is 7.18. The molecule has 0 aromatic rings. The lowest BCUT2D eigenvalue weighted by Crippen LogP contribution is -2.61. The van der Waals surface area contributed by atoms with E-state index in [0.29, 0.717) is 24.7 Å². The Balaban J connectivity index is 1.85. The monoisotopic (exact) mass is 352 g/mol. The molecule has 4 aliphatic rings. The molecule has 3 unspecified atom stereocenters. The predicted molar refractivity (Wildman–Crippen MR) is 96.9 cm³/mol. The maximum atomic E-state index is 13.4. The van der Waals surface area contributed by atoms with Crippen molar-refractivity contribution in [1.82, 2.24) is 0 Å². The Bertz CT molecular complexity index is 539. The summed E-state index contributed by atoms with van der Waals surface area (Å²) in [6, 6.07) is 0. The zero-order chi connectivity index (χ0) is 18.9. The smallest absolute Gasteiger partial charge is 0.312 e. The summed E-state index contributed by atoms with van der Waals surface area (Å²) in [6.07, 6.45) is 5.62. The molecule has 0 radical (unpaired) electrons. The number of carbonyl (C=O) groups excluding carboxylic acids is 1. The van der Waals surface area contributed by atoms with E-state index >= 15 is 0 Å². The number of hydrogen-bond donors (Lipinski definition) is 2. The van der Waals surface area contributed by atoms with Gasteiger partial charge in [0.1, 0.15) is 5.60 Å². The highest BCUT2D eigenvalue weighted by Crippen LogP contribution is 2.59. The van der Waals surface area contributed by atoms with Crippen molar-refractivity contribution in [1.29, 1.82) is 0 Å². The maximum absolute atomic E-state index is 13.4. The van der Waals surface area contributed by atoms with Gasteiger partial charge in [0.2, 0.25) is 0 Å². The van der Waals surface area contributed by atoms with E-state index in [4.69, 9.17) is 4.74 Å². The summed E-state index contributed by atoms with van der Waals surface area (Å²) < 4.78 is 6.24. The summed E-state index contributed by atoms with van der Waals surface area (Å²) in [5.74, 6) is 0.746. The zero-order valence-electron chi connectivity index (χ0n) is 16.8. The zero-order valence-corrected chi connectivity index (χ0v) is 16.8. The van der Waals surface area contributed by atoms with E-state index in [1.807, 2.05) is 27.7 Å². The SMILES string of the molecule is CC(C)(O)CC(C)(C(=O)OC12CC3CC(CC(O)(C3)C1)C2)C(C)(C)C. The lowest BCUT2D eigenvalue weighted by Gasteiger charge is -2.60. The summed E-state index contributed by atoms with van der Waals surface area (Å²) in [6.45, 7) is 11.5. The average molecular weight is 353 g/mol. The van der Waals surface area contributed by atoms with Crippen LogP contribution in [-0.4, -0.2) is 33.0 Å². The van der Waals surface area contributed by atoms with Gasteiger partial charge < -0.3 is 14.9 Å². The molecule has 3 atom stereocenters. The maximum Gasteiger partial charge on any atom is 0.312 e. The van der Waals surface area contributed by atoms with Gasteiger partial charge in [-0.05, 0) is 76.5 Å². The fourth-order valence-corrected chi connectivity index (χ4v) is 6.07. The minimum atomic E-state index is -0.944. The molecule has 4 rings (SSSR count).